The molecule has 4 N–H and O–H groups in total. The molecule has 148 valence electrons. The molecule has 0 aliphatic carbocycles. The average Bonchev–Trinajstić information content (AvgIpc) is 3.04. The molecule has 0 saturated heterocycles. The summed E-state index contributed by atoms with van der Waals surface area (Å²) >= 11 is 0. The fourth-order valence-electron chi connectivity index (χ4n) is 3.84. The zero-order valence-corrected chi connectivity index (χ0v) is 17.1. The largest absolute Gasteiger partial charge is 0.382 e. The molecule has 6 nitrogen and oxygen atoms in total. The van der Waals surface area contributed by atoms with Crippen LogP contribution in [0.2, 0.25) is 0 Å². The molecule has 0 aliphatic rings. The normalized spacial score (nSPS) is 12.0. The van der Waals surface area contributed by atoms with Gasteiger partial charge in [-0.3, -0.25) is 4.98 Å². The molecule has 0 radical (unpaired) electrons. The quantitative estimate of drug-likeness (QED) is 0.492. The number of fused-ring (bicyclic) bond motifs is 3. The molecule has 0 fully saturated rings. The Balaban J connectivity index is 1.97. The second kappa shape index (κ2) is 7.54. The van der Waals surface area contributed by atoms with Gasteiger partial charge in [0.15, 0.2) is 5.82 Å². The van der Waals surface area contributed by atoms with Crippen LogP contribution in [0.5, 0.6) is 0 Å². The van der Waals surface area contributed by atoms with Crippen molar-refractivity contribution in [3.05, 3.63) is 59.2 Å². The number of pyridine rings is 2. The summed E-state index contributed by atoms with van der Waals surface area (Å²) in [6.07, 6.45) is 9.55. The van der Waals surface area contributed by atoms with Crippen molar-refractivity contribution in [3.63, 3.8) is 0 Å². The van der Waals surface area contributed by atoms with E-state index in [4.69, 9.17) is 16.6 Å². The highest BCUT2D eigenvalue weighted by Crippen LogP contribution is 2.35. The van der Waals surface area contributed by atoms with Crippen molar-refractivity contribution in [3.8, 4) is 0 Å². The lowest BCUT2D eigenvalue weighted by Crippen LogP contribution is -2.13. The maximum atomic E-state index is 6.41. The first-order chi connectivity index (χ1) is 14.0. The third-order valence-electron chi connectivity index (χ3n) is 5.16. The van der Waals surface area contributed by atoms with Crippen LogP contribution in [0.1, 0.15) is 55.6 Å². The van der Waals surface area contributed by atoms with E-state index in [1.807, 2.05) is 18.3 Å². The van der Waals surface area contributed by atoms with Crippen molar-refractivity contribution in [1.29, 1.82) is 0 Å². The van der Waals surface area contributed by atoms with Crippen LogP contribution in [-0.4, -0.2) is 19.6 Å². The van der Waals surface area contributed by atoms with Gasteiger partial charge in [0.25, 0.3) is 0 Å². The summed E-state index contributed by atoms with van der Waals surface area (Å²) in [6.45, 7) is 6.44. The van der Waals surface area contributed by atoms with Crippen LogP contribution in [-0.2, 0) is 6.42 Å². The van der Waals surface area contributed by atoms with Crippen molar-refractivity contribution in [1.82, 2.24) is 19.6 Å². The fourth-order valence-corrected chi connectivity index (χ4v) is 3.84. The van der Waals surface area contributed by atoms with Gasteiger partial charge in [0.05, 0.1) is 5.52 Å². The Labute approximate surface area is 170 Å². The molecule has 0 amide bonds. The van der Waals surface area contributed by atoms with Crippen LogP contribution in [0.15, 0.2) is 36.7 Å². The Morgan fingerprint density at radius 3 is 2.62 bits per heavy atom. The molecule has 6 heteroatoms. The molecule has 4 aromatic rings. The Morgan fingerprint density at radius 1 is 1.10 bits per heavy atom. The van der Waals surface area contributed by atoms with Crippen molar-refractivity contribution in [2.45, 2.75) is 39.5 Å². The molecule has 0 saturated carbocycles. The highest BCUT2D eigenvalue weighted by atomic mass is 15.3. The first kappa shape index (κ1) is 18.9. The summed E-state index contributed by atoms with van der Waals surface area (Å²) in [4.78, 5) is 13.6. The minimum Gasteiger partial charge on any atom is -0.382 e. The predicted molar refractivity (Wildman–Crippen MR) is 121 cm³/mol. The molecular formula is C23H26N6. The summed E-state index contributed by atoms with van der Waals surface area (Å²) in [5, 5.41) is 0.980. The molecule has 29 heavy (non-hydrogen) atoms. The Hall–Kier alpha value is -3.41. The van der Waals surface area contributed by atoms with E-state index in [2.05, 4.69) is 55.0 Å². The van der Waals surface area contributed by atoms with E-state index in [1.54, 1.807) is 10.9 Å². The van der Waals surface area contributed by atoms with Gasteiger partial charge in [-0.2, -0.15) is 0 Å². The van der Waals surface area contributed by atoms with Crippen LogP contribution in [0.3, 0.4) is 0 Å². The third-order valence-corrected chi connectivity index (χ3v) is 5.16. The van der Waals surface area contributed by atoms with Crippen molar-refractivity contribution < 1.29 is 0 Å². The van der Waals surface area contributed by atoms with Gasteiger partial charge in [0, 0.05) is 24.2 Å². The van der Waals surface area contributed by atoms with Gasteiger partial charge < -0.3 is 11.6 Å². The number of hydrogen-bond donors (Lipinski definition) is 2. The summed E-state index contributed by atoms with van der Waals surface area (Å²) < 4.78 is 1.68. The number of aryl methyl sites for hydroxylation is 1. The van der Waals surface area contributed by atoms with E-state index in [-0.39, 0.29) is 5.92 Å². The van der Waals surface area contributed by atoms with Gasteiger partial charge in [0.1, 0.15) is 16.9 Å². The van der Waals surface area contributed by atoms with Gasteiger partial charge in [-0.25, -0.2) is 14.6 Å². The molecule has 1 aromatic carbocycles. The van der Waals surface area contributed by atoms with Crippen molar-refractivity contribution >= 4 is 39.9 Å². The van der Waals surface area contributed by atoms with Crippen LogP contribution in [0.4, 0.5) is 5.82 Å². The standard InChI is InChI=1S/C23H26N6/c1-4-6-18-27-21-22(29(18)25)17-11-10-16(9-8-15-7-5-12-26-13-15)19(14(2)3)20(17)28-23(21)24/h5,7-14H,4,6,25H2,1-3H3,(H2,24,28). The smallest absolute Gasteiger partial charge is 0.152 e. The average molecular weight is 387 g/mol. The van der Waals surface area contributed by atoms with Gasteiger partial charge in [-0.05, 0) is 41.2 Å². The summed E-state index contributed by atoms with van der Waals surface area (Å²) in [5.41, 5.74) is 12.0. The van der Waals surface area contributed by atoms with Gasteiger partial charge in [0.2, 0.25) is 0 Å². The molecule has 0 unspecified atom stereocenters. The molecule has 4 rings (SSSR count). The van der Waals surface area contributed by atoms with E-state index >= 15 is 0 Å². The molecule has 0 bridgehead atoms. The second-order valence-electron chi connectivity index (χ2n) is 7.58. The Bertz CT molecular complexity index is 1200. The molecular weight excluding hydrogens is 360 g/mol. The highest BCUT2D eigenvalue weighted by molar-refractivity contribution is 6.08. The summed E-state index contributed by atoms with van der Waals surface area (Å²) in [5.74, 6) is 7.92. The number of imidazole rings is 1. The number of nitrogens with two attached hydrogens (primary N) is 2. The van der Waals surface area contributed by atoms with E-state index in [0.29, 0.717) is 11.3 Å². The van der Waals surface area contributed by atoms with Gasteiger partial charge in [-0.15, -0.1) is 0 Å². The minimum atomic E-state index is 0.265. The summed E-state index contributed by atoms with van der Waals surface area (Å²) in [6, 6.07) is 8.15. The van der Waals surface area contributed by atoms with Gasteiger partial charge >= 0.3 is 0 Å². The van der Waals surface area contributed by atoms with Crippen molar-refractivity contribution in [2.24, 2.45) is 0 Å². The van der Waals surface area contributed by atoms with Crippen LogP contribution in [0.25, 0.3) is 34.1 Å². The van der Waals surface area contributed by atoms with E-state index in [0.717, 1.165) is 51.8 Å². The zero-order chi connectivity index (χ0) is 20.5. The van der Waals surface area contributed by atoms with E-state index < -0.39 is 0 Å². The van der Waals surface area contributed by atoms with E-state index in [9.17, 15) is 0 Å². The van der Waals surface area contributed by atoms with E-state index in [1.165, 1.54) is 0 Å². The predicted octanol–water partition coefficient (Wildman–Crippen LogP) is 4.52. The SMILES string of the molecule is CCCc1nc2c(N)nc3c(C(C)C)c(C=Cc4cccnc4)ccc3c2n1N. The topological polar surface area (TPSA) is 95.6 Å². The van der Waals surface area contributed by atoms with Crippen LogP contribution in [0, 0.1) is 0 Å². The number of anilines is 1. The number of benzene rings is 1. The van der Waals surface area contributed by atoms with Crippen LogP contribution < -0.4 is 11.6 Å². The first-order valence-electron chi connectivity index (χ1n) is 9.97. The first-order valence-corrected chi connectivity index (χ1v) is 9.97. The lowest BCUT2D eigenvalue weighted by molar-refractivity contribution is 0.802. The number of rotatable bonds is 5. The molecule has 3 aromatic heterocycles. The number of aromatic nitrogens is 4. The lowest BCUT2D eigenvalue weighted by Gasteiger charge is -2.15. The third kappa shape index (κ3) is 3.31. The molecule has 0 atom stereocenters. The maximum absolute atomic E-state index is 6.41. The van der Waals surface area contributed by atoms with Crippen LogP contribution >= 0.6 is 0 Å². The highest BCUT2D eigenvalue weighted by Gasteiger charge is 2.19. The molecule has 3 heterocycles. The Kier molecular flexibility index (Phi) is 4.92. The number of hydrogen-bond acceptors (Lipinski definition) is 5. The fraction of sp³-hybridized carbons (Fsp3) is 0.261. The lowest BCUT2D eigenvalue weighted by atomic mass is 9.93. The number of nitrogens with zero attached hydrogens (tertiary/aromatic N) is 4. The maximum Gasteiger partial charge on any atom is 0.152 e. The zero-order valence-electron chi connectivity index (χ0n) is 17.1. The second-order valence-corrected chi connectivity index (χ2v) is 7.58. The van der Waals surface area contributed by atoms with Gasteiger partial charge in [-0.1, -0.05) is 45.1 Å². The molecule has 0 aliphatic heterocycles. The summed E-state index contributed by atoms with van der Waals surface area (Å²) in [7, 11) is 0. The monoisotopic (exact) mass is 386 g/mol. The van der Waals surface area contributed by atoms with Crippen molar-refractivity contribution in [2.75, 3.05) is 11.6 Å². The molecule has 0 spiro atoms. The minimum absolute atomic E-state index is 0.265. The number of nitrogen functional groups attached to an aromatic ring is 2. The Morgan fingerprint density at radius 2 is 1.93 bits per heavy atom.